The molecule has 2 saturated carbocycles. The summed E-state index contributed by atoms with van der Waals surface area (Å²) in [6.07, 6.45) is 6.24. The third-order valence-electron chi connectivity index (χ3n) is 2.48. The summed E-state index contributed by atoms with van der Waals surface area (Å²) in [5.74, 6) is 2.43. The van der Waals surface area contributed by atoms with Crippen LogP contribution in [0.25, 0.3) is 0 Å². The Hall–Kier alpha value is -0.0400. The van der Waals surface area contributed by atoms with Crippen molar-refractivity contribution in [1.82, 2.24) is 0 Å². The highest BCUT2D eigenvalue weighted by molar-refractivity contribution is 4.89. The fourth-order valence-corrected chi connectivity index (χ4v) is 1.56. The SMILES string of the molecule is C1CC2CCC12.CCO. The summed E-state index contributed by atoms with van der Waals surface area (Å²) in [5, 5.41) is 7.57. The minimum Gasteiger partial charge on any atom is -0.397 e. The topological polar surface area (TPSA) is 20.2 Å². The van der Waals surface area contributed by atoms with Gasteiger partial charge in [0.05, 0.1) is 0 Å². The minimum absolute atomic E-state index is 0.250. The van der Waals surface area contributed by atoms with Gasteiger partial charge in [-0.1, -0.05) is 0 Å². The summed E-state index contributed by atoms with van der Waals surface area (Å²) in [5.41, 5.74) is 0. The van der Waals surface area contributed by atoms with Crippen molar-refractivity contribution in [3.8, 4) is 0 Å². The molecule has 2 rings (SSSR count). The molecule has 0 unspecified atom stereocenters. The van der Waals surface area contributed by atoms with E-state index < -0.39 is 0 Å². The van der Waals surface area contributed by atoms with Crippen LogP contribution in [0.3, 0.4) is 0 Å². The lowest BCUT2D eigenvalue weighted by atomic mass is 9.60. The molecule has 0 saturated heterocycles. The number of rotatable bonds is 0. The quantitative estimate of drug-likeness (QED) is 0.527. The van der Waals surface area contributed by atoms with Crippen LogP contribution in [0.4, 0.5) is 0 Å². The van der Waals surface area contributed by atoms with E-state index in [1.165, 1.54) is 11.8 Å². The van der Waals surface area contributed by atoms with Crippen LogP contribution >= 0.6 is 0 Å². The molecule has 1 nitrogen and oxygen atoms in total. The summed E-state index contributed by atoms with van der Waals surface area (Å²) in [6.45, 7) is 1.93. The Bertz CT molecular complexity index is 62.6. The molecule has 2 fully saturated rings. The van der Waals surface area contributed by atoms with Gasteiger partial charge in [-0.05, 0) is 44.4 Å². The Labute approximate surface area is 57.1 Å². The summed E-state index contributed by atoms with van der Waals surface area (Å²) < 4.78 is 0. The molecule has 0 bridgehead atoms. The maximum absolute atomic E-state index is 7.57. The fraction of sp³-hybridized carbons (Fsp3) is 1.00. The van der Waals surface area contributed by atoms with Crippen LogP contribution in [-0.2, 0) is 0 Å². The first-order chi connectivity index (χ1) is 4.38. The standard InChI is InChI=1S/C6H10.C2H6O/c1-2-6-4-3-5(1)6;1-2-3/h5-6H,1-4H2;3H,2H2,1H3. The molecule has 0 aliphatic heterocycles. The van der Waals surface area contributed by atoms with Gasteiger partial charge in [0.15, 0.2) is 0 Å². The summed E-state index contributed by atoms with van der Waals surface area (Å²) in [7, 11) is 0. The van der Waals surface area contributed by atoms with E-state index in [2.05, 4.69) is 0 Å². The van der Waals surface area contributed by atoms with Gasteiger partial charge in [0.2, 0.25) is 0 Å². The molecular formula is C8H16O. The Morgan fingerprint density at radius 2 is 1.33 bits per heavy atom. The second kappa shape index (κ2) is 3.21. The van der Waals surface area contributed by atoms with Gasteiger partial charge in [-0.2, -0.15) is 0 Å². The predicted octanol–water partition coefficient (Wildman–Crippen LogP) is 1.81. The van der Waals surface area contributed by atoms with E-state index in [4.69, 9.17) is 5.11 Å². The Morgan fingerprint density at radius 1 is 1.11 bits per heavy atom. The Morgan fingerprint density at radius 3 is 1.33 bits per heavy atom. The van der Waals surface area contributed by atoms with E-state index in [0.29, 0.717) is 0 Å². The van der Waals surface area contributed by atoms with Crippen LogP contribution in [-0.4, -0.2) is 11.7 Å². The monoisotopic (exact) mass is 128 g/mol. The smallest absolute Gasteiger partial charge is 0.0402 e. The zero-order valence-corrected chi connectivity index (χ0v) is 6.14. The number of aliphatic hydroxyl groups is 1. The third kappa shape index (κ3) is 1.45. The van der Waals surface area contributed by atoms with E-state index >= 15 is 0 Å². The summed E-state index contributed by atoms with van der Waals surface area (Å²) in [4.78, 5) is 0. The van der Waals surface area contributed by atoms with Gasteiger partial charge in [-0.15, -0.1) is 0 Å². The first-order valence-corrected chi connectivity index (χ1v) is 3.99. The lowest BCUT2D eigenvalue weighted by molar-refractivity contribution is 0.0548. The van der Waals surface area contributed by atoms with Gasteiger partial charge in [-0.3, -0.25) is 0 Å². The van der Waals surface area contributed by atoms with Gasteiger partial charge >= 0.3 is 0 Å². The predicted molar refractivity (Wildman–Crippen MR) is 38.2 cm³/mol. The third-order valence-corrected chi connectivity index (χ3v) is 2.48. The van der Waals surface area contributed by atoms with Crippen molar-refractivity contribution in [1.29, 1.82) is 0 Å². The molecule has 0 atom stereocenters. The first-order valence-electron chi connectivity index (χ1n) is 3.99. The van der Waals surface area contributed by atoms with Gasteiger partial charge in [-0.25, -0.2) is 0 Å². The highest BCUT2D eigenvalue weighted by Crippen LogP contribution is 2.49. The minimum atomic E-state index is 0.250. The highest BCUT2D eigenvalue weighted by atomic mass is 16.2. The number of fused-ring (bicyclic) bond motifs is 1. The lowest BCUT2D eigenvalue weighted by Gasteiger charge is -2.46. The van der Waals surface area contributed by atoms with Gasteiger partial charge in [0.25, 0.3) is 0 Å². The fourth-order valence-electron chi connectivity index (χ4n) is 1.56. The molecule has 0 radical (unpaired) electrons. The Balaban J connectivity index is 0.000000120. The molecule has 2 aliphatic carbocycles. The van der Waals surface area contributed by atoms with Crippen LogP contribution in [0.1, 0.15) is 32.6 Å². The molecule has 54 valence electrons. The molecule has 9 heavy (non-hydrogen) atoms. The molecule has 0 aromatic carbocycles. The second-order valence-corrected chi connectivity index (χ2v) is 2.99. The van der Waals surface area contributed by atoms with Crippen LogP contribution in [0, 0.1) is 11.8 Å². The number of hydrogen-bond acceptors (Lipinski definition) is 1. The van der Waals surface area contributed by atoms with Crippen LogP contribution in [0.5, 0.6) is 0 Å². The van der Waals surface area contributed by atoms with Crippen molar-refractivity contribution in [3.63, 3.8) is 0 Å². The van der Waals surface area contributed by atoms with Gasteiger partial charge in [0.1, 0.15) is 0 Å². The summed E-state index contributed by atoms with van der Waals surface area (Å²) >= 11 is 0. The van der Waals surface area contributed by atoms with Crippen molar-refractivity contribution in [2.75, 3.05) is 6.61 Å². The molecule has 0 amide bonds. The van der Waals surface area contributed by atoms with E-state index in [1.807, 2.05) is 0 Å². The van der Waals surface area contributed by atoms with Crippen LogP contribution < -0.4 is 0 Å². The maximum Gasteiger partial charge on any atom is 0.0402 e. The molecular weight excluding hydrogens is 112 g/mol. The zero-order valence-electron chi connectivity index (χ0n) is 6.14. The van der Waals surface area contributed by atoms with Crippen molar-refractivity contribution in [2.24, 2.45) is 11.8 Å². The molecule has 0 heterocycles. The van der Waals surface area contributed by atoms with E-state index in [-0.39, 0.29) is 6.61 Å². The first kappa shape index (κ1) is 7.07. The average Bonchev–Trinajstić information content (AvgIpc) is 1.81. The van der Waals surface area contributed by atoms with Crippen LogP contribution in [0.15, 0.2) is 0 Å². The van der Waals surface area contributed by atoms with Crippen LogP contribution in [0.2, 0.25) is 0 Å². The lowest BCUT2D eigenvalue weighted by Crippen LogP contribution is -2.34. The molecule has 1 heteroatoms. The van der Waals surface area contributed by atoms with Gasteiger partial charge < -0.3 is 5.11 Å². The van der Waals surface area contributed by atoms with Crippen molar-refractivity contribution in [2.45, 2.75) is 32.6 Å². The summed E-state index contributed by atoms with van der Waals surface area (Å²) in [6, 6.07) is 0. The number of aliphatic hydroxyl groups excluding tert-OH is 1. The van der Waals surface area contributed by atoms with E-state index in [1.54, 1.807) is 32.6 Å². The largest absolute Gasteiger partial charge is 0.397 e. The Kier molecular flexibility index (Phi) is 2.52. The molecule has 0 aromatic rings. The average molecular weight is 128 g/mol. The molecule has 2 aliphatic rings. The van der Waals surface area contributed by atoms with Crippen molar-refractivity contribution in [3.05, 3.63) is 0 Å². The molecule has 0 aromatic heterocycles. The van der Waals surface area contributed by atoms with E-state index in [9.17, 15) is 0 Å². The molecule has 0 spiro atoms. The zero-order chi connectivity index (χ0) is 6.69. The van der Waals surface area contributed by atoms with Crippen molar-refractivity contribution >= 4 is 0 Å². The second-order valence-electron chi connectivity index (χ2n) is 2.99. The maximum atomic E-state index is 7.57. The highest BCUT2D eigenvalue weighted by Gasteiger charge is 2.37. The van der Waals surface area contributed by atoms with E-state index in [0.717, 1.165) is 0 Å². The van der Waals surface area contributed by atoms with Crippen molar-refractivity contribution < 1.29 is 5.11 Å². The molecule has 1 N–H and O–H groups in total. The number of hydrogen-bond donors (Lipinski definition) is 1. The van der Waals surface area contributed by atoms with Gasteiger partial charge in [0, 0.05) is 6.61 Å². The normalized spacial score (nSPS) is 36.7.